The first-order valence-corrected chi connectivity index (χ1v) is 7.94. The summed E-state index contributed by atoms with van der Waals surface area (Å²) in [6.07, 6.45) is 0. The van der Waals surface area contributed by atoms with Gasteiger partial charge in [-0.1, -0.05) is 24.3 Å². The van der Waals surface area contributed by atoms with Gasteiger partial charge >= 0.3 is 0 Å². The summed E-state index contributed by atoms with van der Waals surface area (Å²) in [5.74, 6) is 0.423. The molecule has 0 bridgehead atoms. The Bertz CT molecular complexity index is 651. The summed E-state index contributed by atoms with van der Waals surface area (Å²) in [5, 5.41) is 0. The zero-order chi connectivity index (χ0) is 16.2. The maximum absolute atomic E-state index is 13.5. The van der Waals surface area contributed by atoms with E-state index in [9.17, 15) is 4.39 Å². The molecule has 1 aliphatic heterocycles. The van der Waals surface area contributed by atoms with Crippen LogP contribution in [-0.2, 0) is 4.74 Å². The molecule has 0 spiro atoms. The van der Waals surface area contributed by atoms with E-state index in [0.29, 0.717) is 11.8 Å². The maximum atomic E-state index is 13.5. The standard InChI is InChI=1S/C19H22FNO2/c1-14(21-9-11-23-12-10-21)15-3-5-16(6-4-15)18-13-17(20)7-8-19(18)22-2/h3-8,13-14H,9-12H2,1-2H3. The highest BCUT2D eigenvalue weighted by Gasteiger charge is 2.18. The lowest BCUT2D eigenvalue weighted by Crippen LogP contribution is -2.37. The topological polar surface area (TPSA) is 21.7 Å². The van der Waals surface area contributed by atoms with Crippen LogP contribution in [0.4, 0.5) is 4.39 Å². The summed E-state index contributed by atoms with van der Waals surface area (Å²) in [6, 6.07) is 13.2. The van der Waals surface area contributed by atoms with Gasteiger partial charge in [-0.05, 0) is 36.2 Å². The molecule has 122 valence electrons. The van der Waals surface area contributed by atoms with Gasteiger partial charge in [0.25, 0.3) is 0 Å². The number of nitrogens with zero attached hydrogens (tertiary/aromatic N) is 1. The smallest absolute Gasteiger partial charge is 0.126 e. The minimum atomic E-state index is -0.258. The highest BCUT2D eigenvalue weighted by molar-refractivity contribution is 5.70. The molecule has 0 N–H and O–H groups in total. The Hall–Kier alpha value is -1.91. The van der Waals surface area contributed by atoms with Crippen molar-refractivity contribution < 1.29 is 13.9 Å². The van der Waals surface area contributed by atoms with E-state index >= 15 is 0 Å². The minimum Gasteiger partial charge on any atom is -0.496 e. The average Bonchev–Trinajstić information content (AvgIpc) is 2.62. The molecule has 1 atom stereocenters. The Morgan fingerprint density at radius 3 is 2.43 bits per heavy atom. The largest absolute Gasteiger partial charge is 0.496 e. The van der Waals surface area contributed by atoms with Crippen LogP contribution in [0.1, 0.15) is 18.5 Å². The Morgan fingerprint density at radius 2 is 1.78 bits per heavy atom. The molecule has 0 amide bonds. The SMILES string of the molecule is COc1ccc(F)cc1-c1ccc(C(C)N2CCOCC2)cc1. The molecule has 1 fully saturated rings. The lowest BCUT2D eigenvalue weighted by Gasteiger charge is -2.32. The number of rotatable bonds is 4. The second-order valence-corrected chi connectivity index (χ2v) is 5.79. The molecule has 23 heavy (non-hydrogen) atoms. The van der Waals surface area contributed by atoms with Gasteiger partial charge in [-0.3, -0.25) is 4.90 Å². The third-order valence-corrected chi connectivity index (χ3v) is 4.46. The Morgan fingerprint density at radius 1 is 1.09 bits per heavy atom. The van der Waals surface area contributed by atoms with Crippen LogP contribution in [0.25, 0.3) is 11.1 Å². The summed E-state index contributed by atoms with van der Waals surface area (Å²) in [4.78, 5) is 2.42. The molecule has 1 heterocycles. The fraction of sp³-hybridized carbons (Fsp3) is 0.368. The van der Waals surface area contributed by atoms with Gasteiger partial charge < -0.3 is 9.47 Å². The van der Waals surface area contributed by atoms with Crippen molar-refractivity contribution in [3.05, 3.63) is 53.8 Å². The summed E-state index contributed by atoms with van der Waals surface area (Å²) >= 11 is 0. The molecule has 0 aliphatic carbocycles. The van der Waals surface area contributed by atoms with E-state index in [1.54, 1.807) is 13.2 Å². The number of benzene rings is 2. The summed E-state index contributed by atoms with van der Waals surface area (Å²) < 4.78 is 24.3. The fourth-order valence-electron chi connectivity index (χ4n) is 3.02. The first-order valence-electron chi connectivity index (χ1n) is 7.94. The summed E-state index contributed by atoms with van der Waals surface area (Å²) in [6.45, 7) is 5.72. The molecule has 1 unspecified atom stereocenters. The van der Waals surface area contributed by atoms with Crippen molar-refractivity contribution in [3.8, 4) is 16.9 Å². The van der Waals surface area contributed by atoms with Crippen LogP contribution in [0.5, 0.6) is 5.75 Å². The lowest BCUT2D eigenvalue weighted by atomic mass is 9.99. The molecular formula is C19H22FNO2. The monoisotopic (exact) mass is 315 g/mol. The molecule has 3 nitrogen and oxygen atoms in total. The van der Waals surface area contributed by atoms with Gasteiger partial charge in [0.15, 0.2) is 0 Å². The van der Waals surface area contributed by atoms with E-state index in [4.69, 9.17) is 9.47 Å². The van der Waals surface area contributed by atoms with E-state index in [-0.39, 0.29) is 5.82 Å². The molecule has 4 heteroatoms. The fourth-order valence-corrected chi connectivity index (χ4v) is 3.02. The maximum Gasteiger partial charge on any atom is 0.126 e. The zero-order valence-corrected chi connectivity index (χ0v) is 13.6. The van der Waals surface area contributed by atoms with Crippen LogP contribution >= 0.6 is 0 Å². The first-order chi connectivity index (χ1) is 11.2. The minimum absolute atomic E-state index is 0.258. The van der Waals surface area contributed by atoms with Crippen molar-refractivity contribution in [2.75, 3.05) is 33.4 Å². The third kappa shape index (κ3) is 3.54. The third-order valence-electron chi connectivity index (χ3n) is 4.46. The summed E-state index contributed by atoms with van der Waals surface area (Å²) in [5.41, 5.74) is 2.99. The highest BCUT2D eigenvalue weighted by Crippen LogP contribution is 2.32. The Balaban J connectivity index is 1.83. The predicted molar refractivity (Wildman–Crippen MR) is 89.2 cm³/mol. The van der Waals surface area contributed by atoms with Crippen LogP contribution in [0.15, 0.2) is 42.5 Å². The van der Waals surface area contributed by atoms with Crippen molar-refractivity contribution in [1.82, 2.24) is 4.90 Å². The van der Waals surface area contributed by atoms with E-state index in [1.807, 2.05) is 12.1 Å². The summed E-state index contributed by atoms with van der Waals surface area (Å²) in [7, 11) is 1.60. The first kappa shape index (κ1) is 16.0. The lowest BCUT2D eigenvalue weighted by molar-refractivity contribution is 0.0198. The van der Waals surface area contributed by atoms with Crippen LogP contribution < -0.4 is 4.74 Å². The quantitative estimate of drug-likeness (QED) is 0.854. The van der Waals surface area contributed by atoms with E-state index < -0.39 is 0 Å². The predicted octanol–water partition coefficient (Wildman–Crippen LogP) is 3.89. The van der Waals surface area contributed by atoms with E-state index in [2.05, 4.69) is 24.0 Å². The van der Waals surface area contributed by atoms with Gasteiger partial charge in [-0.2, -0.15) is 0 Å². The van der Waals surface area contributed by atoms with Crippen LogP contribution in [0.3, 0.4) is 0 Å². The number of methoxy groups -OCH3 is 1. The van der Waals surface area contributed by atoms with Crippen molar-refractivity contribution in [2.24, 2.45) is 0 Å². The molecule has 2 aromatic carbocycles. The number of hydrogen-bond acceptors (Lipinski definition) is 3. The van der Waals surface area contributed by atoms with Crippen LogP contribution in [0, 0.1) is 5.82 Å². The molecular weight excluding hydrogens is 293 g/mol. The van der Waals surface area contributed by atoms with Crippen molar-refractivity contribution in [1.29, 1.82) is 0 Å². The number of halogens is 1. The van der Waals surface area contributed by atoms with Gasteiger partial charge in [-0.25, -0.2) is 4.39 Å². The van der Waals surface area contributed by atoms with E-state index in [1.165, 1.54) is 17.7 Å². The normalized spacial score (nSPS) is 17.0. The van der Waals surface area contributed by atoms with Gasteiger partial charge in [0.1, 0.15) is 11.6 Å². The number of hydrogen-bond donors (Lipinski definition) is 0. The molecule has 3 rings (SSSR count). The van der Waals surface area contributed by atoms with Crippen molar-refractivity contribution >= 4 is 0 Å². The number of ether oxygens (including phenoxy) is 2. The van der Waals surface area contributed by atoms with Crippen molar-refractivity contribution in [3.63, 3.8) is 0 Å². The second-order valence-electron chi connectivity index (χ2n) is 5.79. The van der Waals surface area contributed by atoms with E-state index in [0.717, 1.165) is 37.4 Å². The Labute approximate surface area is 136 Å². The van der Waals surface area contributed by atoms with Gasteiger partial charge in [0.2, 0.25) is 0 Å². The molecule has 2 aromatic rings. The van der Waals surface area contributed by atoms with Gasteiger partial charge in [-0.15, -0.1) is 0 Å². The zero-order valence-electron chi connectivity index (χ0n) is 13.6. The van der Waals surface area contributed by atoms with Gasteiger partial charge in [0, 0.05) is 24.7 Å². The second kappa shape index (κ2) is 7.11. The number of morpholine rings is 1. The molecule has 1 saturated heterocycles. The molecule has 0 saturated carbocycles. The Kier molecular flexibility index (Phi) is 4.94. The molecule has 1 aliphatic rings. The molecule has 0 radical (unpaired) electrons. The molecule has 0 aromatic heterocycles. The van der Waals surface area contributed by atoms with Crippen LogP contribution in [0.2, 0.25) is 0 Å². The average molecular weight is 315 g/mol. The van der Waals surface area contributed by atoms with Gasteiger partial charge in [0.05, 0.1) is 20.3 Å². The van der Waals surface area contributed by atoms with Crippen LogP contribution in [-0.4, -0.2) is 38.3 Å². The van der Waals surface area contributed by atoms with Crippen molar-refractivity contribution in [2.45, 2.75) is 13.0 Å². The highest BCUT2D eigenvalue weighted by atomic mass is 19.1.